The van der Waals surface area contributed by atoms with Crippen molar-refractivity contribution in [3.63, 3.8) is 0 Å². The molecule has 0 aromatic carbocycles. The molecule has 1 amide bonds. The molecule has 0 spiro atoms. The Morgan fingerprint density at radius 2 is 1.95 bits per heavy atom. The Balaban J connectivity index is 2.28. The fourth-order valence-corrected chi connectivity index (χ4v) is 1.93. The predicted octanol–water partition coefficient (Wildman–Crippen LogP) is 3.20. The maximum atomic E-state index is 12.4. The van der Waals surface area contributed by atoms with Gasteiger partial charge in [-0.05, 0) is 36.6 Å². The standard InChI is InChI=1S/C16H20N4O/c1-10(2)14-6-12(7-15(17-4)20-14)16(21)19-13-5-11(3)8-18-9-13/h5-10H,1-4H3,(H,17,20)(H,19,21). The smallest absolute Gasteiger partial charge is 0.255 e. The first-order valence-electron chi connectivity index (χ1n) is 6.92. The molecule has 0 fully saturated rings. The van der Waals surface area contributed by atoms with E-state index in [-0.39, 0.29) is 11.8 Å². The Kier molecular flexibility index (Phi) is 4.52. The third-order valence-electron chi connectivity index (χ3n) is 3.09. The van der Waals surface area contributed by atoms with Crippen LogP contribution in [0.5, 0.6) is 0 Å². The molecule has 110 valence electrons. The molecule has 5 heteroatoms. The van der Waals surface area contributed by atoms with E-state index in [4.69, 9.17) is 0 Å². The molecule has 2 rings (SSSR count). The van der Waals surface area contributed by atoms with Crippen molar-refractivity contribution in [2.45, 2.75) is 26.7 Å². The number of amides is 1. The largest absolute Gasteiger partial charge is 0.373 e. The van der Waals surface area contributed by atoms with Crippen LogP contribution in [0.25, 0.3) is 0 Å². The molecule has 21 heavy (non-hydrogen) atoms. The number of aromatic nitrogens is 2. The highest BCUT2D eigenvalue weighted by Crippen LogP contribution is 2.18. The number of carbonyl (C=O) groups is 1. The van der Waals surface area contributed by atoms with Crippen molar-refractivity contribution in [2.24, 2.45) is 0 Å². The summed E-state index contributed by atoms with van der Waals surface area (Å²) in [6.07, 6.45) is 3.38. The summed E-state index contributed by atoms with van der Waals surface area (Å²) >= 11 is 0. The van der Waals surface area contributed by atoms with Crippen LogP contribution in [0.1, 0.15) is 41.4 Å². The summed E-state index contributed by atoms with van der Waals surface area (Å²) < 4.78 is 0. The van der Waals surface area contributed by atoms with Crippen LogP contribution in [0.15, 0.2) is 30.6 Å². The van der Waals surface area contributed by atoms with Gasteiger partial charge in [-0.3, -0.25) is 9.78 Å². The molecule has 5 nitrogen and oxygen atoms in total. The first-order valence-corrected chi connectivity index (χ1v) is 6.92. The molecule has 0 atom stereocenters. The quantitative estimate of drug-likeness (QED) is 0.904. The van der Waals surface area contributed by atoms with E-state index < -0.39 is 0 Å². The normalized spacial score (nSPS) is 10.5. The molecule has 0 radical (unpaired) electrons. The minimum atomic E-state index is -0.164. The van der Waals surface area contributed by atoms with Crippen LogP contribution in [0.3, 0.4) is 0 Å². The van der Waals surface area contributed by atoms with Crippen molar-refractivity contribution in [3.8, 4) is 0 Å². The Labute approximate surface area is 124 Å². The summed E-state index contributed by atoms with van der Waals surface area (Å²) in [7, 11) is 1.79. The van der Waals surface area contributed by atoms with E-state index in [1.165, 1.54) is 0 Å². The number of hydrogen-bond acceptors (Lipinski definition) is 4. The molecule has 2 aromatic heterocycles. The third kappa shape index (κ3) is 3.78. The Bertz CT molecular complexity index is 652. The number of rotatable bonds is 4. The maximum absolute atomic E-state index is 12.4. The highest BCUT2D eigenvalue weighted by atomic mass is 16.1. The van der Waals surface area contributed by atoms with Gasteiger partial charge in [0.2, 0.25) is 0 Å². The summed E-state index contributed by atoms with van der Waals surface area (Å²) in [5, 5.41) is 5.85. The molecule has 2 N–H and O–H groups in total. The number of nitrogens with zero attached hydrogens (tertiary/aromatic N) is 2. The van der Waals surface area contributed by atoms with Gasteiger partial charge in [-0.1, -0.05) is 13.8 Å². The monoisotopic (exact) mass is 284 g/mol. The summed E-state index contributed by atoms with van der Waals surface area (Å²) in [6, 6.07) is 5.45. The fourth-order valence-electron chi connectivity index (χ4n) is 1.93. The number of carbonyl (C=O) groups excluding carboxylic acids is 1. The van der Waals surface area contributed by atoms with Crippen molar-refractivity contribution < 1.29 is 4.79 Å². The first kappa shape index (κ1) is 15.0. The van der Waals surface area contributed by atoms with Crippen LogP contribution in [-0.4, -0.2) is 22.9 Å². The molecule has 2 aromatic rings. The van der Waals surface area contributed by atoms with Gasteiger partial charge in [0, 0.05) is 24.5 Å². The fraction of sp³-hybridized carbons (Fsp3) is 0.312. The summed E-state index contributed by atoms with van der Waals surface area (Å²) in [5.41, 5.74) is 3.16. The van der Waals surface area contributed by atoms with Crippen LogP contribution >= 0.6 is 0 Å². The Hall–Kier alpha value is -2.43. The maximum Gasteiger partial charge on any atom is 0.255 e. The van der Waals surface area contributed by atoms with Crippen LogP contribution in [-0.2, 0) is 0 Å². The number of anilines is 2. The van der Waals surface area contributed by atoms with E-state index in [9.17, 15) is 4.79 Å². The van der Waals surface area contributed by atoms with Gasteiger partial charge in [0.1, 0.15) is 5.82 Å². The topological polar surface area (TPSA) is 66.9 Å². The molecule has 0 bridgehead atoms. The zero-order chi connectivity index (χ0) is 15.4. The lowest BCUT2D eigenvalue weighted by molar-refractivity contribution is 0.102. The lowest BCUT2D eigenvalue weighted by atomic mass is 10.1. The number of pyridine rings is 2. The van der Waals surface area contributed by atoms with E-state index in [0.29, 0.717) is 17.1 Å². The van der Waals surface area contributed by atoms with E-state index in [1.807, 2.05) is 32.9 Å². The van der Waals surface area contributed by atoms with Crippen molar-refractivity contribution in [3.05, 3.63) is 47.4 Å². The molecule has 0 saturated heterocycles. The van der Waals surface area contributed by atoms with Crippen LogP contribution in [0.4, 0.5) is 11.5 Å². The molecule has 2 heterocycles. The second kappa shape index (κ2) is 6.35. The Morgan fingerprint density at radius 1 is 1.19 bits per heavy atom. The van der Waals surface area contributed by atoms with Gasteiger partial charge >= 0.3 is 0 Å². The van der Waals surface area contributed by atoms with Gasteiger partial charge in [-0.2, -0.15) is 0 Å². The Morgan fingerprint density at radius 3 is 2.57 bits per heavy atom. The van der Waals surface area contributed by atoms with E-state index >= 15 is 0 Å². The third-order valence-corrected chi connectivity index (χ3v) is 3.09. The molecular formula is C16H20N4O. The minimum Gasteiger partial charge on any atom is -0.373 e. The summed E-state index contributed by atoms with van der Waals surface area (Å²) in [4.78, 5) is 20.9. The van der Waals surface area contributed by atoms with Gasteiger partial charge in [0.25, 0.3) is 5.91 Å². The average molecular weight is 284 g/mol. The minimum absolute atomic E-state index is 0.164. The first-order chi connectivity index (χ1) is 9.99. The molecule has 0 aliphatic heterocycles. The second-order valence-electron chi connectivity index (χ2n) is 5.28. The highest BCUT2D eigenvalue weighted by Gasteiger charge is 2.12. The number of hydrogen-bond donors (Lipinski definition) is 2. The van der Waals surface area contributed by atoms with Gasteiger partial charge in [0.05, 0.1) is 11.9 Å². The summed E-state index contributed by atoms with van der Waals surface area (Å²) in [5.74, 6) is 0.780. The van der Waals surface area contributed by atoms with Crippen LogP contribution in [0.2, 0.25) is 0 Å². The van der Waals surface area contributed by atoms with Crippen LogP contribution in [0, 0.1) is 6.92 Å². The van der Waals surface area contributed by atoms with E-state index in [1.54, 1.807) is 25.5 Å². The molecular weight excluding hydrogens is 264 g/mol. The molecule has 0 unspecified atom stereocenters. The van der Waals surface area contributed by atoms with Gasteiger partial charge in [-0.25, -0.2) is 4.98 Å². The van der Waals surface area contributed by atoms with Gasteiger partial charge < -0.3 is 10.6 Å². The molecule has 0 saturated carbocycles. The number of aryl methyl sites for hydroxylation is 1. The van der Waals surface area contributed by atoms with E-state index in [2.05, 4.69) is 20.6 Å². The van der Waals surface area contributed by atoms with Crippen molar-refractivity contribution in [2.75, 3.05) is 17.7 Å². The van der Waals surface area contributed by atoms with Crippen molar-refractivity contribution in [1.29, 1.82) is 0 Å². The van der Waals surface area contributed by atoms with Gasteiger partial charge in [-0.15, -0.1) is 0 Å². The lowest BCUT2D eigenvalue weighted by Gasteiger charge is -2.11. The molecule has 0 aliphatic rings. The summed E-state index contributed by atoms with van der Waals surface area (Å²) in [6.45, 7) is 6.03. The zero-order valence-electron chi connectivity index (χ0n) is 12.8. The number of nitrogens with one attached hydrogen (secondary N) is 2. The average Bonchev–Trinajstić information content (AvgIpc) is 2.46. The SMILES string of the molecule is CNc1cc(C(=O)Nc2cncc(C)c2)cc(C(C)C)n1. The zero-order valence-corrected chi connectivity index (χ0v) is 12.8. The second-order valence-corrected chi connectivity index (χ2v) is 5.28. The van der Waals surface area contributed by atoms with E-state index in [0.717, 1.165) is 11.3 Å². The highest BCUT2D eigenvalue weighted by molar-refractivity contribution is 6.04. The van der Waals surface area contributed by atoms with Gasteiger partial charge in [0.15, 0.2) is 0 Å². The van der Waals surface area contributed by atoms with Crippen molar-refractivity contribution in [1.82, 2.24) is 9.97 Å². The predicted molar refractivity (Wildman–Crippen MR) is 84.8 cm³/mol. The lowest BCUT2D eigenvalue weighted by Crippen LogP contribution is -2.14. The van der Waals surface area contributed by atoms with Crippen LogP contribution < -0.4 is 10.6 Å². The molecule has 0 aliphatic carbocycles. The van der Waals surface area contributed by atoms with Crippen molar-refractivity contribution >= 4 is 17.4 Å².